The highest BCUT2D eigenvalue weighted by Crippen LogP contribution is 2.33. The number of para-hydroxylation sites is 1. The number of anilines is 1. The van der Waals surface area contributed by atoms with Crippen molar-refractivity contribution in [2.45, 2.75) is 0 Å². The molecule has 2 rings (SSSR count). The van der Waals surface area contributed by atoms with Gasteiger partial charge in [-0.1, -0.05) is 18.2 Å². The summed E-state index contributed by atoms with van der Waals surface area (Å²) in [6.45, 7) is 0. The summed E-state index contributed by atoms with van der Waals surface area (Å²) in [5, 5.41) is 15.2. The van der Waals surface area contributed by atoms with Crippen molar-refractivity contribution >= 4 is 17.6 Å². The third-order valence-corrected chi connectivity index (χ3v) is 2.90. The van der Waals surface area contributed by atoms with Crippen LogP contribution in [0.2, 0.25) is 0 Å². The van der Waals surface area contributed by atoms with Crippen molar-refractivity contribution < 1.29 is 14.4 Å². The molecule has 0 spiro atoms. The van der Waals surface area contributed by atoms with Gasteiger partial charge >= 0.3 is 0 Å². The van der Waals surface area contributed by atoms with Crippen LogP contribution in [0.1, 0.15) is 5.56 Å². The average Bonchev–Trinajstić information content (AvgIpc) is 2.55. The van der Waals surface area contributed by atoms with E-state index in [1.54, 1.807) is 0 Å². The predicted octanol–water partition coefficient (Wildman–Crippen LogP) is 3.06. The molecular formula is C15H15N3O4. The molecule has 0 saturated heterocycles. The van der Waals surface area contributed by atoms with Gasteiger partial charge in [-0.05, 0) is 18.2 Å². The molecule has 0 fully saturated rings. The van der Waals surface area contributed by atoms with Gasteiger partial charge in [-0.25, -0.2) is 0 Å². The van der Waals surface area contributed by atoms with Crippen LogP contribution in [0.5, 0.6) is 11.5 Å². The molecule has 0 aliphatic rings. The fourth-order valence-electron chi connectivity index (χ4n) is 1.83. The molecule has 2 aromatic rings. The van der Waals surface area contributed by atoms with E-state index in [0.29, 0.717) is 17.1 Å². The van der Waals surface area contributed by atoms with Crippen molar-refractivity contribution in [3.05, 3.63) is 58.1 Å². The van der Waals surface area contributed by atoms with Gasteiger partial charge in [0.05, 0.1) is 42.7 Å². The molecule has 1 N–H and O–H groups in total. The fourth-order valence-corrected chi connectivity index (χ4v) is 1.83. The number of hydrogen-bond donors (Lipinski definition) is 1. The van der Waals surface area contributed by atoms with Crippen LogP contribution in [0.4, 0.5) is 11.4 Å². The van der Waals surface area contributed by atoms with Gasteiger partial charge in [-0.3, -0.25) is 15.5 Å². The van der Waals surface area contributed by atoms with E-state index in [4.69, 9.17) is 9.47 Å². The molecule has 0 atom stereocenters. The first-order valence-corrected chi connectivity index (χ1v) is 6.40. The SMILES string of the molecule is COc1cc(C=NNc2ccccc2)c([N+](=O)[O-])cc1OC. The number of nitrogens with zero attached hydrogens (tertiary/aromatic N) is 2. The van der Waals surface area contributed by atoms with Gasteiger partial charge in [0.25, 0.3) is 5.69 Å². The zero-order valence-electron chi connectivity index (χ0n) is 12.1. The maximum absolute atomic E-state index is 11.1. The van der Waals surface area contributed by atoms with Gasteiger partial charge in [0, 0.05) is 0 Å². The molecule has 7 nitrogen and oxygen atoms in total. The lowest BCUT2D eigenvalue weighted by atomic mass is 10.1. The topological polar surface area (TPSA) is 86.0 Å². The van der Waals surface area contributed by atoms with E-state index in [9.17, 15) is 10.1 Å². The number of nitro groups is 1. The number of methoxy groups -OCH3 is 2. The van der Waals surface area contributed by atoms with Gasteiger partial charge in [-0.15, -0.1) is 0 Å². The molecule has 22 heavy (non-hydrogen) atoms. The molecule has 7 heteroatoms. The fraction of sp³-hybridized carbons (Fsp3) is 0.133. The Kier molecular flexibility index (Phi) is 4.92. The minimum atomic E-state index is -0.494. The smallest absolute Gasteiger partial charge is 0.282 e. The summed E-state index contributed by atoms with van der Waals surface area (Å²) in [7, 11) is 2.89. The van der Waals surface area contributed by atoms with Gasteiger partial charge in [-0.2, -0.15) is 5.10 Å². The van der Waals surface area contributed by atoms with E-state index < -0.39 is 4.92 Å². The van der Waals surface area contributed by atoms with Crippen molar-refractivity contribution in [1.29, 1.82) is 0 Å². The van der Waals surface area contributed by atoms with Gasteiger partial charge in [0.1, 0.15) is 0 Å². The van der Waals surface area contributed by atoms with Gasteiger partial charge in [0.15, 0.2) is 11.5 Å². The van der Waals surface area contributed by atoms with Crippen LogP contribution in [0, 0.1) is 10.1 Å². The van der Waals surface area contributed by atoms with E-state index in [0.717, 1.165) is 5.69 Å². The van der Waals surface area contributed by atoms with E-state index in [1.807, 2.05) is 30.3 Å². The largest absolute Gasteiger partial charge is 0.493 e. The first kappa shape index (κ1) is 15.3. The summed E-state index contributed by atoms with van der Waals surface area (Å²) < 4.78 is 10.2. The summed E-state index contributed by atoms with van der Waals surface area (Å²) >= 11 is 0. The van der Waals surface area contributed by atoms with Crippen molar-refractivity contribution in [3.63, 3.8) is 0 Å². The van der Waals surface area contributed by atoms with Crippen LogP contribution in [-0.2, 0) is 0 Å². The molecule has 2 aromatic carbocycles. The first-order chi connectivity index (χ1) is 10.7. The number of nitro benzene ring substituents is 1. The predicted molar refractivity (Wildman–Crippen MR) is 83.9 cm³/mol. The quantitative estimate of drug-likeness (QED) is 0.503. The Bertz CT molecular complexity index is 687. The molecule has 0 aliphatic carbocycles. The van der Waals surface area contributed by atoms with Gasteiger partial charge in [0.2, 0.25) is 0 Å². The molecule has 0 unspecified atom stereocenters. The van der Waals surface area contributed by atoms with Gasteiger partial charge < -0.3 is 9.47 Å². The molecule has 0 aromatic heterocycles. The minimum absolute atomic E-state index is 0.115. The normalized spacial score (nSPS) is 10.5. The lowest BCUT2D eigenvalue weighted by Gasteiger charge is -2.08. The zero-order valence-corrected chi connectivity index (χ0v) is 12.1. The molecule has 0 aliphatic heterocycles. The highest BCUT2D eigenvalue weighted by atomic mass is 16.6. The molecule has 114 valence electrons. The number of nitrogens with one attached hydrogen (secondary N) is 1. The Hall–Kier alpha value is -3.09. The summed E-state index contributed by atoms with van der Waals surface area (Å²) in [6, 6.07) is 12.1. The number of benzene rings is 2. The van der Waals surface area contributed by atoms with E-state index in [2.05, 4.69) is 10.5 Å². The molecule has 0 heterocycles. The van der Waals surface area contributed by atoms with Crippen molar-refractivity contribution in [2.75, 3.05) is 19.6 Å². The second-order valence-electron chi connectivity index (χ2n) is 4.26. The number of hydrazone groups is 1. The van der Waals surface area contributed by atoms with Crippen LogP contribution >= 0.6 is 0 Å². The number of ether oxygens (including phenoxy) is 2. The summed E-state index contributed by atoms with van der Waals surface area (Å²) in [5.74, 6) is 0.691. The van der Waals surface area contributed by atoms with E-state index in [-0.39, 0.29) is 5.69 Å². The third kappa shape index (κ3) is 3.51. The summed E-state index contributed by atoms with van der Waals surface area (Å²) in [5.41, 5.74) is 3.78. The third-order valence-electron chi connectivity index (χ3n) is 2.90. The van der Waals surface area contributed by atoms with E-state index >= 15 is 0 Å². The second-order valence-corrected chi connectivity index (χ2v) is 4.26. The summed E-state index contributed by atoms with van der Waals surface area (Å²) in [6.07, 6.45) is 1.37. The van der Waals surface area contributed by atoms with E-state index in [1.165, 1.54) is 32.6 Å². The van der Waals surface area contributed by atoms with Crippen LogP contribution < -0.4 is 14.9 Å². The average molecular weight is 301 g/mol. The number of rotatable bonds is 6. The second kappa shape index (κ2) is 7.07. The maximum Gasteiger partial charge on any atom is 0.282 e. The minimum Gasteiger partial charge on any atom is -0.493 e. The lowest BCUT2D eigenvalue weighted by molar-refractivity contribution is -0.385. The van der Waals surface area contributed by atoms with Crippen LogP contribution in [0.25, 0.3) is 0 Å². The van der Waals surface area contributed by atoms with Crippen molar-refractivity contribution in [3.8, 4) is 11.5 Å². The Morgan fingerprint density at radius 1 is 1.14 bits per heavy atom. The Labute approximate surface area is 127 Å². The van der Waals surface area contributed by atoms with Crippen molar-refractivity contribution in [2.24, 2.45) is 5.10 Å². The molecule has 0 amide bonds. The summed E-state index contributed by atoms with van der Waals surface area (Å²) in [4.78, 5) is 10.7. The Morgan fingerprint density at radius 2 is 1.77 bits per heavy atom. The molecule has 0 bridgehead atoms. The van der Waals surface area contributed by atoms with Crippen LogP contribution in [-0.4, -0.2) is 25.4 Å². The molecule has 0 radical (unpaired) electrons. The Morgan fingerprint density at radius 3 is 2.36 bits per heavy atom. The van der Waals surface area contributed by atoms with Crippen LogP contribution in [0.3, 0.4) is 0 Å². The zero-order chi connectivity index (χ0) is 15.9. The highest BCUT2D eigenvalue weighted by Gasteiger charge is 2.18. The lowest BCUT2D eigenvalue weighted by Crippen LogP contribution is -2.00. The number of hydrogen-bond acceptors (Lipinski definition) is 6. The van der Waals surface area contributed by atoms with Crippen molar-refractivity contribution in [1.82, 2.24) is 0 Å². The standard InChI is InChI=1S/C15H15N3O4/c1-21-14-8-11(13(18(19)20)9-15(14)22-2)10-16-17-12-6-4-3-5-7-12/h3-10,17H,1-2H3. The molecule has 0 saturated carbocycles. The molecular weight excluding hydrogens is 286 g/mol. The first-order valence-electron chi connectivity index (χ1n) is 6.40. The monoisotopic (exact) mass is 301 g/mol. The highest BCUT2D eigenvalue weighted by molar-refractivity contribution is 5.87. The Balaban J connectivity index is 2.30. The maximum atomic E-state index is 11.1. The van der Waals surface area contributed by atoms with Crippen LogP contribution in [0.15, 0.2) is 47.6 Å².